The van der Waals surface area contributed by atoms with Gasteiger partial charge in [0.05, 0.1) is 17.4 Å². The van der Waals surface area contributed by atoms with E-state index in [1.54, 1.807) is 0 Å². The summed E-state index contributed by atoms with van der Waals surface area (Å²) in [6.45, 7) is 3.79. The highest BCUT2D eigenvalue weighted by Gasteiger charge is 2.78. The molecular weight excluding hydrogens is 200 g/mol. The molecule has 5 nitrogen and oxygen atoms in total. The fourth-order valence-electron chi connectivity index (χ4n) is 2.69. The topological polar surface area (TPSA) is 87.0 Å². The lowest BCUT2D eigenvalue weighted by molar-refractivity contribution is -0.355. The normalized spacial score (nSPS) is 45.4. The first-order chi connectivity index (χ1) is 6.73. The SMILES string of the molecule is CC1COC(=O)C2(C1)CC2(C)C(O)(O)O. The smallest absolute Gasteiger partial charge is 0.312 e. The number of carbonyl (C=O) groups is 1. The van der Waals surface area contributed by atoms with Crippen LogP contribution >= 0.6 is 0 Å². The molecule has 0 aromatic rings. The second-order valence-corrected chi connectivity index (χ2v) is 5.13. The van der Waals surface area contributed by atoms with Gasteiger partial charge in [0.15, 0.2) is 0 Å². The molecule has 1 spiro atoms. The van der Waals surface area contributed by atoms with Gasteiger partial charge in [0.1, 0.15) is 0 Å². The average molecular weight is 216 g/mol. The van der Waals surface area contributed by atoms with Crippen LogP contribution in [0.3, 0.4) is 0 Å². The molecule has 1 aliphatic carbocycles. The molecule has 3 atom stereocenters. The number of aliphatic hydroxyl groups is 3. The van der Waals surface area contributed by atoms with E-state index in [1.807, 2.05) is 6.92 Å². The molecule has 1 saturated carbocycles. The van der Waals surface area contributed by atoms with Gasteiger partial charge in [0.2, 0.25) is 0 Å². The van der Waals surface area contributed by atoms with Gasteiger partial charge in [-0.3, -0.25) is 4.79 Å². The fraction of sp³-hybridized carbons (Fsp3) is 0.900. The first-order valence-corrected chi connectivity index (χ1v) is 5.07. The molecule has 5 heteroatoms. The van der Waals surface area contributed by atoms with Crippen LogP contribution in [0.15, 0.2) is 0 Å². The van der Waals surface area contributed by atoms with Gasteiger partial charge in [-0.2, -0.15) is 0 Å². The molecule has 0 amide bonds. The summed E-state index contributed by atoms with van der Waals surface area (Å²) in [6.07, 6.45) is 0.790. The van der Waals surface area contributed by atoms with Gasteiger partial charge in [-0.05, 0) is 18.8 Å². The summed E-state index contributed by atoms with van der Waals surface area (Å²) in [4.78, 5) is 11.6. The highest BCUT2D eigenvalue weighted by atomic mass is 16.7. The molecule has 1 aliphatic heterocycles. The Bertz CT molecular complexity index is 307. The molecule has 2 aliphatic rings. The van der Waals surface area contributed by atoms with Crippen molar-refractivity contribution in [2.75, 3.05) is 6.61 Å². The van der Waals surface area contributed by atoms with Crippen molar-refractivity contribution in [3.8, 4) is 0 Å². The molecule has 86 valence electrons. The standard InChI is InChI=1S/C10H16O5/c1-6-3-9(7(11)15-4-6)5-8(9,2)10(12,13)14/h6,12-14H,3-5H2,1-2H3. The summed E-state index contributed by atoms with van der Waals surface area (Å²) in [6, 6.07) is 0. The molecule has 2 fully saturated rings. The first kappa shape index (κ1) is 10.9. The van der Waals surface area contributed by atoms with Crippen LogP contribution in [0.4, 0.5) is 0 Å². The van der Waals surface area contributed by atoms with Gasteiger partial charge in [-0.1, -0.05) is 13.8 Å². The Morgan fingerprint density at radius 1 is 1.47 bits per heavy atom. The van der Waals surface area contributed by atoms with E-state index in [0.29, 0.717) is 13.0 Å². The van der Waals surface area contributed by atoms with E-state index in [0.717, 1.165) is 0 Å². The Hall–Kier alpha value is -0.650. The maximum absolute atomic E-state index is 11.6. The molecule has 0 radical (unpaired) electrons. The van der Waals surface area contributed by atoms with E-state index in [9.17, 15) is 20.1 Å². The highest BCUT2D eigenvalue weighted by Crippen LogP contribution is 2.71. The largest absolute Gasteiger partial charge is 0.465 e. The Kier molecular flexibility index (Phi) is 1.97. The molecule has 0 aromatic heterocycles. The molecule has 0 aromatic carbocycles. The van der Waals surface area contributed by atoms with Crippen LogP contribution in [0.2, 0.25) is 0 Å². The van der Waals surface area contributed by atoms with E-state index in [4.69, 9.17) is 4.74 Å². The van der Waals surface area contributed by atoms with Gasteiger partial charge >= 0.3 is 5.97 Å². The van der Waals surface area contributed by atoms with Crippen LogP contribution in [0.5, 0.6) is 0 Å². The van der Waals surface area contributed by atoms with Crippen molar-refractivity contribution >= 4 is 5.97 Å². The molecule has 3 unspecified atom stereocenters. The van der Waals surface area contributed by atoms with Gasteiger partial charge in [0.25, 0.3) is 5.97 Å². The quantitative estimate of drug-likeness (QED) is 0.410. The van der Waals surface area contributed by atoms with E-state index in [1.165, 1.54) is 6.92 Å². The lowest BCUT2D eigenvalue weighted by atomic mass is 9.83. The summed E-state index contributed by atoms with van der Waals surface area (Å²) in [5.41, 5.74) is -2.12. The maximum atomic E-state index is 11.6. The summed E-state index contributed by atoms with van der Waals surface area (Å²) in [7, 11) is 0. The van der Waals surface area contributed by atoms with Crippen molar-refractivity contribution in [1.29, 1.82) is 0 Å². The molecular formula is C10H16O5. The zero-order chi connectivity index (χ0) is 11.5. The maximum Gasteiger partial charge on any atom is 0.312 e. The number of esters is 1. The summed E-state index contributed by atoms with van der Waals surface area (Å²) in [5.74, 6) is -3.06. The van der Waals surface area contributed by atoms with E-state index >= 15 is 0 Å². The van der Waals surface area contributed by atoms with Crippen LogP contribution in [0.25, 0.3) is 0 Å². The fourth-order valence-corrected chi connectivity index (χ4v) is 2.69. The van der Waals surface area contributed by atoms with Crippen molar-refractivity contribution < 1.29 is 24.9 Å². The Balaban J connectivity index is 2.27. The minimum Gasteiger partial charge on any atom is -0.465 e. The molecule has 1 saturated heterocycles. The van der Waals surface area contributed by atoms with Crippen molar-refractivity contribution in [2.24, 2.45) is 16.7 Å². The lowest BCUT2D eigenvalue weighted by Gasteiger charge is -2.32. The van der Waals surface area contributed by atoms with Crippen LogP contribution in [0.1, 0.15) is 26.7 Å². The number of carbonyl (C=O) groups excluding carboxylic acids is 1. The summed E-state index contributed by atoms with van der Waals surface area (Å²) < 4.78 is 4.99. The monoisotopic (exact) mass is 216 g/mol. The van der Waals surface area contributed by atoms with Gasteiger partial charge in [-0.25, -0.2) is 0 Å². The number of rotatable bonds is 1. The third kappa shape index (κ3) is 1.23. The number of hydrogen-bond acceptors (Lipinski definition) is 5. The third-order valence-corrected chi connectivity index (χ3v) is 3.91. The Morgan fingerprint density at radius 2 is 2.07 bits per heavy atom. The third-order valence-electron chi connectivity index (χ3n) is 3.91. The van der Waals surface area contributed by atoms with E-state index in [2.05, 4.69) is 0 Å². The Morgan fingerprint density at radius 3 is 2.53 bits per heavy atom. The second kappa shape index (κ2) is 2.72. The zero-order valence-electron chi connectivity index (χ0n) is 8.86. The van der Waals surface area contributed by atoms with Crippen LogP contribution in [-0.2, 0) is 9.53 Å². The van der Waals surface area contributed by atoms with Crippen LogP contribution in [0, 0.1) is 16.7 Å². The van der Waals surface area contributed by atoms with Crippen LogP contribution in [-0.4, -0.2) is 33.9 Å². The lowest BCUT2D eigenvalue weighted by Crippen LogP contribution is -2.45. The molecule has 2 rings (SSSR count). The zero-order valence-corrected chi connectivity index (χ0v) is 8.86. The van der Waals surface area contributed by atoms with Gasteiger partial charge in [-0.15, -0.1) is 0 Å². The molecule has 15 heavy (non-hydrogen) atoms. The predicted molar refractivity (Wildman–Crippen MR) is 49.3 cm³/mol. The first-order valence-electron chi connectivity index (χ1n) is 5.07. The number of hydrogen-bond donors (Lipinski definition) is 3. The van der Waals surface area contributed by atoms with Crippen molar-refractivity contribution in [1.82, 2.24) is 0 Å². The number of cyclic esters (lactones) is 1. The molecule has 0 bridgehead atoms. The van der Waals surface area contributed by atoms with Gasteiger partial charge in [0, 0.05) is 0 Å². The average Bonchev–Trinajstić information content (AvgIpc) is 2.67. The van der Waals surface area contributed by atoms with Gasteiger partial charge < -0.3 is 20.1 Å². The minimum atomic E-state index is -2.82. The van der Waals surface area contributed by atoms with E-state index in [-0.39, 0.29) is 12.3 Å². The van der Waals surface area contributed by atoms with Crippen molar-refractivity contribution in [3.63, 3.8) is 0 Å². The van der Waals surface area contributed by atoms with E-state index < -0.39 is 22.8 Å². The number of ether oxygens (including phenoxy) is 1. The van der Waals surface area contributed by atoms with Crippen molar-refractivity contribution in [2.45, 2.75) is 32.7 Å². The highest BCUT2D eigenvalue weighted by molar-refractivity contribution is 5.82. The minimum absolute atomic E-state index is 0.187. The second-order valence-electron chi connectivity index (χ2n) is 5.13. The summed E-state index contributed by atoms with van der Waals surface area (Å²) in [5, 5.41) is 27.7. The van der Waals surface area contributed by atoms with Crippen molar-refractivity contribution in [3.05, 3.63) is 0 Å². The molecule has 1 heterocycles. The molecule has 3 N–H and O–H groups in total. The Labute approximate surface area is 87.7 Å². The summed E-state index contributed by atoms with van der Waals surface area (Å²) >= 11 is 0. The predicted octanol–water partition coefficient (Wildman–Crippen LogP) is -0.404. The van der Waals surface area contributed by atoms with Crippen LogP contribution < -0.4 is 0 Å².